The van der Waals surface area contributed by atoms with E-state index in [0.717, 1.165) is 6.54 Å². The number of hydrogen-bond acceptors (Lipinski definition) is 1. The van der Waals surface area contributed by atoms with Crippen LogP contribution < -0.4 is 5.32 Å². The lowest BCUT2D eigenvalue weighted by Crippen LogP contribution is -2.27. The molecule has 20 heavy (non-hydrogen) atoms. The average Bonchev–Trinajstić information content (AvgIpc) is 2.84. The predicted molar refractivity (Wildman–Crippen MR) is 88.1 cm³/mol. The summed E-state index contributed by atoms with van der Waals surface area (Å²) in [5, 5.41) is 3.69. The van der Waals surface area contributed by atoms with E-state index in [1.54, 1.807) is 11.1 Å². The van der Waals surface area contributed by atoms with Gasteiger partial charge in [-0.2, -0.15) is 0 Å². The molecule has 0 amide bonds. The van der Waals surface area contributed by atoms with Crippen molar-refractivity contribution >= 4 is 0 Å². The van der Waals surface area contributed by atoms with Crippen LogP contribution in [-0.2, 0) is 12.8 Å². The zero-order chi connectivity index (χ0) is 14.8. The molecule has 0 heterocycles. The second-order valence-electron chi connectivity index (χ2n) is 7.49. The molecule has 1 heteroatoms. The van der Waals surface area contributed by atoms with Crippen LogP contribution in [0.5, 0.6) is 0 Å². The molecule has 0 radical (unpaired) electrons. The fraction of sp³-hybridized carbons (Fsp3) is 0.684. The van der Waals surface area contributed by atoms with Gasteiger partial charge in [0.2, 0.25) is 0 Å². The summed E-state index contributed by atoms with van der Waals surface area (Å²) in [7, 11) is 0. The first-order valence-corrected chi connectivity index (χ1v) is 8.27. The molecule has 0 saturated carbocycles. The second-order valence-corrected chi connectivity index (χ2v) is 7.49. The first-order valence-electron chi connectivity index (χ1n) is 8.27. The lowest BCUT2D eigenvalue weighted by Gasteiger charge is -2.31. The van der Waals surface area contributed by atoms with Gasteiger partial charge >= 0.3 is 0 Å². The minimum Gasteiger partial charge on any atom is -0.310 e. The highest BCUT2D eigenvalue weighted by molar-refractivity contribution is 5.36. The highest BCUT2D eigenvalue weighted by atomic mass is 14.9. The highest BCUT2D eigenvalue weighted by Gasteiger charge is 2.24. The fourth-order valence-electron chi connectivity index (χ4n) is 3.10. The van der Waals surface area contributed by atoms with Crippen LogP contribution in [0, 0.1) is 11.3 Å². The van der Waals surface area contributed by atoms with Gasteiger partial charge in [-0.3, -0.25) is 0 Å². The molecular weight excluding hydrogens is 242 g/mol. The van der Waals surface area contributed by atoms with Crippen LogP contribution in [0.15, 0.2) is 18.2 Å². The molecule has 1 aromatic rings. The van der Waals surface area contributed by atoms with Crippen molar-refractivity contribution in [1.29, 1.82) is 0 Å². The average molecular weight is 273 g/mol. The van der Waals surface area contributed by atoms with Crippen molar-refractivity contribution in [2.24, 2.45) is 11.3 Å². The largest absolute Gasteiger partial charge is 0.310 e. The summed E-state index contributed by atoms with van der Waals surface area (Å²) >= 11 is 0. The Morgan fingerprint density at radius 1 is 1.15 bits per heavy atom. The molecular formula is C19H31N. The monoisotopic (exact) mass is 273 g/mol. The van der Waals surface area contributed by atoms with E-state index < -0.39 is 0 Å². The SMILES string of the molecule is CCNC(CC(C)C(C)(C)C)c1ccc2c(c1)CCC2. The zero-order valence-corrected chi connectivity index (χ0v) is 13.9. The van der Waals surface area contributed by atoms with Crippen molar-refractivity contribution in [3.05, 3.63) is 34.9 Å². The van der Waals surface area contributed by atoms with Gasteiger partial charge in [0, 0.05) is 6.04 Å². The summed E-state index contributed by atoms with van der Waals surface area (Å²) < 4.78 is 0. The van der Waals surface area contributed by atoms with Crippen LogP contribution in [0.2, 0.25) is 0 Å². The normalized spacial score (nSPS) is 17.9. The fourth-order valence-corrected chi connectivity index (χ4v) is 3.10. The van der Waals surface area contributed by atoms with Gasteiger partial charge in [-0.15, -0.1) is 0 Å². The van der Waals surface area contributed by atoms with Crippen molar-refractivity contribution in [3.8, 4) is 0 Å². The first-order chi connectivity index (χ1) is 9.41. The van der Waals surface area contributed by atoms with E-state index in [9.17, 15) is 0 Å². The summed E-state index contributed by atoms with van der Waals surface area (Å²) in [6.45, 7) is 12.7. The quantitative estimate of drug-likeness (QED) is 0.804. The molecule has 1 aliphatic carbocycles. The summed E-state index contributed by atoms with van der Waals surface area (Å²) in [5.74, 6) is 0.708. The maximum atomic E-state index is 3.69. The molecule has 2 unspecified atom stereocenters. The second kappa shape index (κ2) is 6.30. The van der Waals surface area contributed by atoms with E-state index >= 15 is 0 Å². The lowest BCUT2D eigenvalue weighted by atomic mass is 9.77. The van der Waals surface area contributed by atoms with Crippen molar-refractivity contribution in [3.63, 3.8) is 0 Å². The molecule has 0 fully saturated rings. The van der Waals surface area contributed by atoms with Crippen molar-refractivity contribution < 1.29 is 0 Å². The number of rotatable bonds is 5. The van der Waals surface area contributed by atoms with Gasteiger partial charge in [-0.1, -0.05) is 52.8 Å². The molecule has 1 aromatic carbocycles. The maximum absolute atomic E-state index is 3.69. The van der Waals surface area contributed by atoms with E-state index in [-0.39, 0.29) is 0 Å². The third-order valence-corrected chi connectivity index (χ3v) is 5.04. The molecule has 0 aliphatic heterocycles. The molecule has 1 aliphatic rings. The minimum absolute atomic E-state index is 0.379. The number of hydrogen-bond donors (Lipinski definition) is 1. The molecule has 2 rings (SSSR count). The van der Waals surface area contributed by atoms with Crippen LogP contribution in [-0.4, -0.2) is 6.54 Å². The van der Waals surface area contributed by atoms with Gasteiger partial charge < -0.3 is 5.32 Å². The molecule has 1 nitrogen and oxygen atoms in total. The highest BCUT2D eigenvalue weighted by Crippen LogP contribution is 2.34. The minimum atomic E-state index is 0.379. The van der Waals surface area contributed by atoms with Gasteiger partial charge in [-0.05, 0) is 60.3 Å². The molecule has 1 N–H and O–H groups in total. The van der Waals surface area contributed by atoms with E-state index in [4.69, 9.17) is 0 Å². The van der Waals surface area contributed by atoms with E-state index in [2.05, 4.69) is 58.1 Å². The van der Waals surface area contributed by atoms with E-state index in [0.29, 0.717) is 17.4 Å². The Morgan fingerprint density at radius 3 is 2.50 bits per heavy atom. The zero-order valence-electron chi connectivity index (χ0n) is 13.9. The Labute approximate surface area is 125 Å². The van der Waals surface area contributed by atoms with Crippen LogP contribution in [0.3, 0.4) is 0 Å². The van der Waals surface area contributed by atoms with Gasteiger partial charge in [0.1, 0.15) is 0 Å². The number of benzene rings is 1. The van der Waals surface area contributed by atoms with E-state index in [1.165, 1.54) is 31.2 Å². The van der Waals surface area contributed by atoms with Gasteiger partial charge in [-0.25, -0.2) is 0 Å². The Balaban J connectivity index is 2.16. The third kappa shape index (κ3) is 3.63. The number of fused-ring (bicyclic) bond motifs is 1. The lowest BCUT2D eigenvalue weighted by molar-refractivity contribution is 0.224. The van der Waals surface area contributed by atoms with Crippen molar-refractivity contribution in [2.45, 2.75) is 66.3 Å². The summed E-state index contributed by atoms with van der Waals surface area (Å²) in [6, 6.07) is 7.68. The molecule has 0 spiro atoms. The van der Waals surface area contributed by atoms with Gasteiger partial charge in [0.15, 0.2) is 0 Å². The van der Waals surface area contributed by atoms with Crippen LogP contribution >= 0.6 is 0 Å². The van der Waals surface area contributed by atoms with Gasteiger partial charge in [0.25, 0.3) is 0 Å². The van der Waals surface area contributed by atoms with Crippen molar-refractivity contribution in [1.82, 2.24) is 5.32 Å². The Kier molecular flexibility index (Phi) is 4.90. The summed E-state index contributed by atoms with van der Waals surface area (Å²) in [4.78, 5) is 0. The van der Waals surface area contributed by atoms with E-state index in [1.807, 2.05) is 0 Å². The van der Waals surface area contributed by atoms with Crippen LogP contribution in [0.1, 0.15) is 70.2 Å². The topological polar surface area (TPSA) is 12.0 Å². The molecule has 0 bridgehead atoms. The smallest absolute Gasteiger partial charge is 0.0322 e. The van der Waals surface area contributed by atoms with Crippen molar-refractivity contribution in [2.75, 3.05) is 6.54 Å². The first kappa shape index (κ1) is 15.6. The Morgan fingerprint density at radius 2 is 1.85 bits per heavy atom. The number of nitrogens with one attached hydrogen (secondary N) is 1. The van der Waals surface area contributed by atoms with Crippen LogP contribution in [0.25, 0.3) is 0 Å². The Hall–Kier alpha value is -0.820. The Bertz CT molecular complexity index is 442. The van der Waals surface area contributed by atoms with Gasteiger partial charge in [0.05, 0.1) is 0 Å². The number of aryl methyl sites for hydroxylation is 2. The van der Waals surface area contributed by atoms with Crippen LogP contribution in [0.4, 0.5) is 0 Å². The predicted octanol–water partition coefficient (Wildman–Crippen LogP) is 4.90. The molecule has 0 aromatic heterocycles. The molecule has 112 valence electrons. The summed E-state index contributed by atoms with van der Waals surface area (Å²) in [6.07, 6.45) is 5.11. The third-order valence-electron chi connectivity index (χ3n) is 5.04. The standard InChI is InChI=1S/C19H31N/c1-6-20-18(12-14(2)19(3,4)5)17-11-10-15-8-7-9-16(15)13-17/h10-11,13-14,18,20H,6-9,12H2,1-5H3. The molecule has 2 atom stereocenters. The molecule has 0 saturated heterocycles. The summed E-state index contributed by atoms with van der Waals surface area (Å²) in [5.41, 5.74) is 5.04. The maximum Gasteiger partial charge on any atom is 0.0322 e.